The SMILES string of the molecule is C=CC(=O)OCC1(COC(=O)C=C)CCCCC12CCCCC2. The average molecular weight is 320 g/mol. The molecule has 2 fully saturated rings. The summed E-state index contributed by atoms with van der Waals surface area (Å²) in [6.07, 6.45) is 12.7. The third-order valence-electron chi connectivity index (χ3n) is 5.81. The normalized spacial score (nSPS) is 22.1. The highest BCUT2D eigenvalue weighted by molar-refractivity contribution is 5.81. The highest BCUT2D eigenvalue weighted by Gasteiger charge is 2.54. The largest absolute Gasteiger partial charge is 0.462 e. The summed E-state index contributed by atoms with van der Waals surface area (Å²) in [5.41, 5.74) is -0.157. The quantitative estimate of drug-likeness (QED) is 0.549. The molecule has 0 saturated heterocycles. The van der Waals surface area contributed by atoms with Crippen LogP contribution in [-0.2, 0) is 19.1 Å². The molecule has 0 unspecified atom stereocenters. The molecule has 4 nitrogen and oxygen atoms in total. The topological polar surface area (TPSA) is 52.6 Å². The predicted molar refractivity (Wildman–Crippen MR) is 88.7 cm³/mol. The third kappa shape index (κ3) is 3.85. The fourth-order valence-electron chi connectivity index (χ4n) is 4.49. The molecule has 4 heteroatoms. The minimum atomic E-state index is -0.407. The van der Waals surface area contributed by atoms with Gasteiger partial charge in [0.2, 0.25) is 0 Å². The van der Waals surface area contributed by atoms with Gasteiger partial charge in [-0.15, -0.1) is 0 Å². The lowest BCUT2D eigenvalue weighted by Crippen LogP contribution is -2.52. The molecule has 0 N–H and O–H groups in total. The van der Waals surface area contributed by atoms with E-state index < -0.39 is 11.9 Å². The Morgan fingerprint density at radius 2 is 1.22 bits per heavy atom. The number of hydrogen-bond acceptors (Lipinski definition) is 4. The van der Waals surface area contributed by atoms with Crippen LogP contribution in [0.3, 0.4) is 0 Å². The van der Waals surface area contributed by atoms with Crippen molar-refractivity contribution in [2.75, 3.05) is 13.2 Å². The van der Waals surface area contributed by atoms with Crippen LogP contribution in [0.4, 0.5) is 0 Å². The van der Waals surface area contributed by atoms with Gasteiger partial charge in [-0.25, -0.2) is 9.59 Å². The van der Waals surface area contributed by atoms with Crippen molar-refractivity contribution in [1.82, 2.24) is 0 Å². The Morgan fingerprint density at radius 1 is 0.783 bits per heavy atom. The zero-order valence-corrected chi connectivity index (χ0v) is 14.0. The molecule has 2 saturated carbocycles. The predicted octanol–water partition coefficient (Wildman–Crippen LogP) is 3.96. The zero-order chi connectivity index (χ0) is 16.8. The molecule has 0 atom stereocenters. The van der Waals surface area contributed by atoms with Gasteiger partial charge >= 0.3 is 11.9 Å². The lowest BCUT2D eigenvalue weighted by molar-refractivity contribution is -0.167. The molecular formula is C19H28O4. The van der Waals surface area contributed by atoms with Gasteiger partial charge < -0.3 is 9.47 Å². The van der Waals surface area contributed by atoms with Crippen molar-refractivity contribution in [3.05, 3.63) is 25.3 Å². The van der Waals surface area contributed by atoms with Gasteiger partial charge in [-0.3, -0.25) is 0 Å². The van der Waals surface area contributed by atoms with Gasteiger partial charge in [0.1, 0.15) is 13.2 Å². The lowest BCUT2D eigenvalue weighted by Gasteiger charge is -2.55. The smallest absolute Gasteiger partial charge is 0.330 e. The van der Waals surface area contributed by atoms with E-state index in [0.29, 0.717) is 13.2 Å². The first kappa shape index (κ1) is 17.8. The van der Waals surface area contributed by atoms with E-state index >= 15 is 0 Å². The molecule has 2 aliphatic carbocycles. The summed E-state index contributed by atoms with van der Waals surface area (Å²) in [7, 11) is 0. The molecule has 0 aromatic rings. The van der Waals surface area contributed by atoms with Crippen molar-refractivity contribution < 1.29 is 19.1 Å². The van der Waals surface area contributed by atoms with E-state index in [0.717, 1.165) is 32.1 Å². The highest BCUT2D eigenvalue weighted by atomic mass is 16.5. The minimum Gasteiger partial charge on any atom is -0.462 e. The second kappa shape index (κ2) is 7.80. The molecule has 0 aromatic carbocycles. The summed E-state index contributed by atoms with van der Waals surface area (Å²) < 4.78 is 10.9. The van der Waals surface area contributed by atoms with Crippen LogP contribution < -0.4 is 0 Å². The van der Waals surface area contributed by atoms with Crippen LogP contribution >= 0.6 is 0 Å². The van der Waals surface area contributed by atoms with Gasteiger partial charge in [0, 0.05) is 17.6 Å². The van der Waals surface area contributed by atoms with E-state index in [1.54, 1.807) is 0 Å². The van der Waals surface area contributed by atoms with Crippen molar-refractivity contribution >= 4 is 11.9 Å². The van der Waals surface area contributed by atoms with Crippen molar-refractivity contribution in [3.8, 4) is 0 Å². The molecule has 0 aliphatic heterocycles. The molecule has 128 valence electrons. The van der Waals surface area contributed by atoms with E-state index in [2.05, 4.69) is 13.2 Å². The van der Waals surface area contributed by atoms with E-state index in [1.165, 1.54) is 37.8 Å². The molecule has 23 heavy (non-hydrogen) atoms. The molecule has 1 spiro atoms. The number of rotatable bonds is 6. The van der Waals surface area contributed by atoms with Crippen LogP contribution in [0.5, 0.6) is 0 Å². The molecule has 0 aromatic heterocycles. The zero-order valence-electron chi connectivity index (χ0n) is 14.0. The second-order valence-electron chi connectivity index (χ2n) is 6.95. The maximum absolute atomic E-state index is 11.6. The Kier molecular flexibility index (Phi) is 6.03. The third-order valence-corrected chi connectivity index (χ3v) is 5.81. The fraction of sp³-hybridized carbons (Fsp3) is 0.684. The van der Waals surface area contributed by atoms with Crippen LogP contribution in [0.2, 0.25) is 0 Å². The molecule has 0 bridgehead atoms. The summed E-state index contributed by atoms with van der Waals surface area (Å²) in [5.74, 6) is -0.813. The number of hydrogen-bond donors (Lipinski definition) is 0. The molecular weight excluding hydrogens is 292 g/mol. The first-order valence-electron chi connectivity index (χ1n) is 8.66. The van der Waals surface area contributed by atoms with Crippen molar-refractivity contribution in [2.45, 2.75) is 57.8 Å². The van der Waals surface area contributed by atoms with Crippen LogP contribution in [0, 0.1) is 10.8 Å². The van der Waals surface area contributed by atoms with E-state index in [9.17, 15) is 9.59 Å². The summed E-state index contributed by atoms with van der Waals surface area (Å²) in [6.45, 7) is 7.55. The molecule has 0 amide bonds. The van der Waals surface area contributed by atoms with Crippen molar-refractivity contribution in [3.63, 3.8) is 0 Å². The highest BCUT2D eigenvalue weighted by Crippen LogP contribution is 2.58. The molecule has 0 heterocycles. The van der Waals surface area contributed by atoms with Crippen molar-refractivity contribution in [1.29, 1.82) is 0 Å². The molecule has 0 radical (unpaired) electrons. The lowest BCUT2D eigenvalue weighted by atomic mass is 9.51. The first-order valence-corrected chi connectivity index (χ1v) is 8.66. The van der Waals surface area contributed by atoms with Gasteiger partial charge in [-0.1, -0.05) is 45.3 Å². The van der Waals surface area contributed by atoms with E-state index in [-0.39, 0.29) is 10.8 Å². The van der Waals surface area contributed by atoms with Crippen LogP contribution in [-0.4, -0.2) is 25.2 Å². The fourth-order valence-corrected chi connectivity index (χ4v) is 4.49. The van der Waals surface area contributed by atoms with Crippen LogP contribution in [0.15, 0.2) is 25.3 Å². The van der Waals surface area contributed by atoms with E-state index in [4.69, 9.17) is 9.47 Å². The van der Waals surface area contributed by atoms with Gasteiger partial charge in [0.15, 0.2) is 0 Å². The number of esters is 2. The minimum absolute atomic E-state index is 0.117. The monoisotopic (exact) mass is 320 g/mol. The van der Waals surface area contributed by atoms with Crippen LogP contribution in [0.25, 0.3) is 0 Å². The summed E-state index contributed by atoms with van der Waals surface area (Å²) in [5, 5.41) is 0. The summed E-state index contributed by atoms with van der Waals surface area (Å²) in [4.78, 5) is 23.2. The van der Waals surface area contributed by atoms with E-state index in [1.807, 2.05) is 0 Å². The number of ether oxygens (including phenoxy) is 2. The summed E-state index contributed by atoms with van der Waals surface area (Å²) >= 11 is 0. The number of carbonyl (C=O) groups is 2. The number of carbonyl (C=O) groups excluding carboxylic acids is 2. The van der Waals surface area contributed by atoms with Gasteiger partial charge in [-0.05, 0) is 31.1 Å². The Bertz CT molecular complexity index is 428. The maximum atomic E-state index is 11.6. The molecule has 2 aliphatic rings. The Morgan fingerprint density at radius 3 is 1.70 bits per heavy atom. The Hall–Kier alpha value is -1.58. The van der Waals surface area contributed by atoms with Gasteiger partial charge in [0.05, 0.1) is 0 Å². The summed E-state index contributed by atoms with van der Waals surface area (Å²) in [6, 6.07) is 0. The van der Waals surface area contributed by atoms with Gasteiger partial charge in [0.25, 0.3) is 0 Å². The average Bonchev–Trinajstić information content (AvgIpc) is 2.60. The standard InChI is InChI=1S/C19H28O4/c1-3-16(20)22-14-19(15-23-17(21)4-2)13-9-8-12-18(19)10-6-5-7-11-18/h3-4H,1-2,5-15H2. The van der Waals surface area contributed by atoms with Crippen LogP contribution in [0.1, 0.15) is 57.8 Å². The second-order valence-corrected chi connectivity index (χ2v) is 6.95. The Balaban J connectivity index is 2.23. The van der Waals surface area contributed by atoms with Crippen molar-refractivity contribution in [2.24, 2.45) is 10.8 Å². The first-order chi connectivity index (χ1) is 11.1. The Labute approximate surface area is 138 Å². The maximum Gasteiger partial charge on any atom is 0.330 e. The van der Waals surface area contributed by atoms with Gasteiger partial charge in [-0.2, -0.15) is 0 Å². The molecule has 2 rings (SSSR count).